The molecule has 36 heavy (non-hydrogen) atoms. The molecule has 0 spiro atoms. The SMILES string of the molecule is CC1C(=O)N(NC(=O)[C@H](C)NC(=O)C(O)c2cc(F)cc(F)c2)c2ccccc2-c2cc(F)ccc21. The molecule has 0 saturated heterocycles. The van der Waals surface area contributed by atoms with E-state index in [0.717, 1.165) is 17.1 Å². The highest BCUT2D eigenvalue weighted by atomic mass is 19.1. The Morgan fingerprint density at radius 3 is 2.28 bits per heavy atom. The number of hydrogen-bond donors (Lipinski definition) is 3. The molecule has 0 bridgehead atoms. The normalized spacial score (nSPS) is 16.3. The first-order chi connectivity index (χ1) is 17.1. The van der Waals surface area contributed by atoms with Crippen molar-refractivity contribution in [3.05, 3.63) is 89.2 Å². The van der Waals surface area contributed by atoms with Crippen molar-refractivity contribution in [2.75, 3.05) is 5.01 Å². The van der Waals surface area contributed by atoms with Crippen LogP contribution in [0.25, 0.3) is 11.1 Å². The molecule has 1 aliphatic heterocycles. The highest BCUT2D eigenvalue weighted by molar-refractivity contribution is 6.06. The van der Waals surface area contributed by atoms with Crippen molar-refractivity contribution in [2.24, 2.45) is 0 Å². The molecular weight excluding hydrogens is 475 g/mol. The molecule has 3 atom stereocenters. The third kappa shape index (κ3) is 4.80. The molecule has 4 rings (SSSR count). The lowest BCUT2D eigenvalue weighted by atomic mass is 9.92. The van der Waals surface area contributed by atoms with Gasteiger partial charge in [-0.15, -0.1) is 0 Å². The first-order valence-corrected chi connectivity index (χ1v) is 11.0. The fourth-order valence-corrected chi connectivity index (χ4v) is 4.05. The summed E-state index contributed by atoms with van der Waals surface area (Å²) in [5, 5.41) is 13.5. The van der Waals surface area contributed by atoms with E-state index in [2.05, 4.69) is 10.7 Å². The van der Waals surface area contributed by atoms with Gasteiger partial charge in [0.15, 0.2) is 6.10 Å². The predicted octanol–water partition coefficient (Wildman–Crippen LogP) is 3.49. The van der Waals surface area contributed by atoms with Gasteiger partial charge in [-0.05, 0) is 60.9 Å². The van der Waals surface area contributed by atoms with Gasteiger partial charge in [0, 0.05) is 11.6 Å². The fourth-order valence-electron chi connectivity index (χ4n) is 4.05. The van der Waals surface area contributed by atoms with Gasteiger partial charge >= 0.3 is 0 Å². The van der Waals surface area contributed by atoms with Crippen LogP contribution < -0.4 is 15.8 Å². The number of amides is 3. The van der Waals surface area contributed by atoms with Gasteiger partial charge in [0.2, 0.25) is 0 Å². The number of para-hydroxylation sites is 1. The van der Waals surface area contributed by atoms with Crippen LogP contribution in [-0.4, -0.2) is 28.9 Å². The Hall–Kier alpha value is -4.18. The van der Waals surface area contributed by atoms with Crippen LogP contribution in [0, 0.1) is 17.5 Å². The van der Waals surface area contributed by atoms with Gasteiger partial charge < -0.3 is 10.4 Å². The number of aliphatic hydroxyl groups excluding tert-OH is 1. The van der Waals surface area contributed by atoms with Gasteiger partial charge in [-0.1, -0.05) is 24.3 Å². The minimum absolute atomic E-state index is 0.306. The summed E-state index contributed by atoms with van der Waals surface area (Å²) in [6.07, 6.45) is -1.93. The van der Waals surface area contributed by atoms with Crippen molar-refractivity contribution < 1.29 is 32.7 Å². The second-order valence-electron chi connectivity index (χ2n) is 8.46. The molecule has 7 nitrogen and oxygen atoms in total. The van der Waals surface area contributed by atoms with Gasteiger partial charge in [-0.3, -0.25) is 19.8 Å². The summed E-state index contributed by atoms with van der Waals surface area (Å²) in [7, 11) is 0. The Morgan fingerprint density at radius 2 is 1.58 bits per heavy atom. The summed E-state index contributed by atoms with van der Waals surface area (Å²) >= 11 is 0. The number of nitrogens with zero attached hydrogens (tertiary/aromatic N) is 1. The smallest absolute Gasteiger partial charge is 0.261 e. The van der Waals surface area contributed by atoms with Gasteiger partial charge in [0.05, 0.1) is 11.6 Å². The fraction of sp³-hybridized carbons (Fsp3) is 0.192. The first kappa shape index (κ1) is 24.9. The van der Waals surface area contributed by atoms with Gasteiger partial charge in [0.25, 0.3) is 17.7 Å². The van der Waals surface area contributed by atoms with Crippen LogP contribution in [0.4, 0.5) is 18.9 Å². The molecule has 0 saturated carbocycles. The Labute approximate surface area is 204 Å². The summed E-state index contributed by atoms with van der Waals surface area (Å²) in [4.78, 5) is 38.7. The predicted molar refractivity (Wildman–Crippen MR) is 125 cm³/mol. The molecule has 1 aliphatic rings. The van der Waals surface area contributed by atoms with E-state index in [1.165, 1.54) is 25.1 Å². The average Bonchev–Trinajstić information content (AvgIpc) is 2.92. The lowest BCUT2D eigenvalue weighted by Crippen LogP contribution is -2.54. The lowest BCUT2D eigenvalue weighted by molar-refractivity contribution is -0.134. The summed E-state index contributed by atoms with van der Waals surface area (Å²) in [5.74, 6) is -5.52. The quantitative estimate of drug-likeness (QED) is 0.503. The largest absolute Gasteiger partial charge is 0.378 e. The van der Waals surface area contributed by atoms with Crippen molar-refractivity contribution in [2.45, 2.75) is 31.9 Å². The number of hydrazine groups is 1. The number of benzene rings is 3. The molecule has 2 unspecified atom stereocenters. The number of aliphatic hydroxyl groups is 1. The van der Waals surface area contributed by atoms with Crippen molar-refractivity contribution in [3.8, 4) is 11.1 Å². The maximum Gasteiger partial charge on any atom is 0.261 e. The van der Waals surface area contributed by atoms with Crippen molar-refractivity contribution >= 4 is 23.4 Å². The first-order valence-electron chi connectivity index (χ1n) is 11.0. The van der Waals surface area contributed by atoms with Crippen LogP contribution in [0.3, 0.4) is 0 Å². The number of carbonyl (C=O) groups excluding carboxylic acids is 3. The molecule has 0 radical (unpaired) electrons. The standard InChI is InChI=1S/C26H22F3N3O4/c1-13-19-8-7-16(27)12-21(19)20-5-3-4-6-22(20)32(26(13)36)31-24(34)14(2)30-25(35)23(33)15-9-17(28)11-18(29)10-15/h3-14,23,33H,1-2H3,(H,30,35)(H,31,34)/t13?,14-,23?/m0/s1. The molecule has 3 aromatic rings. The van der Waals surface area contributed by atoms with Gasteiger partial charge in [-0.2, -0.15) is 0 Å². The molecule has 0 aliphatic carbocycles. The van der Waals surface area contributed by atoms with Crippen LogP contribution >= 0.6 is 0 Å². The Balaban J connectivity index is 1.56. The topological polar surface area (TPSA) is 98.7 Å². The van der Waals surface area contributed by atoms with Crippen molar-refractivity contribution in [3.63, 3.8) is 0 Å². The zero-order valence-corrected chi connectivity index (χ0v) is 19.3. The van der Waals surface area contributed by atoms with Crippen LogP contribution in [0.2, 0.25) is 0 Å². The average molecular weight is 497 g/mol. The third-order valence-corrected chi connectivity index (χ3v) is 5.93. The number of carbonyl (C=O) groups is 3. The third-order valence-electron chi connectivity index (χ3n) is 5.93. The molecule has 1 heterocycles. The maximum absolute atomic E-state index is 14.0. The molecule has 0 fully saturated rings. The second kappa shape index (κ2) is 9.82. The van der Waals surface area contributed by atoms with Crippen LogP contribution in [0.5, 0.6) is 0 Å². The molecule has 10 heteroatoms. The van der Waals surface area contributed by atoms with Gasteiger partial charge in [-0.25, -0.2) is 18.2 Å². The highest BCUT2D eigenvalue weighted by Gasteiger charge is 2.34. The number of rotatable bonds is 5. The summed E-state index contributed by atoms with van der Waals surface area (Å²) < 4.78 is 40.9. The number of anilines is 1. The molecule has 0 aromatic heterocycles. The maximum atomic E-state index is 14.0. The number of nitrogens with one attached hydrogen (secondary N) is 2. The van der Waals surface area contributed by atoms with E-state index in [0.29, 0.717) is 28.4 Å². The van der Waals surface area contributed by atoms with Gasteiger partial charge in [0.1, 0.15) is 23.5 Å². The van der Waals surface area contributed by atoms with Crippen LogP contribution in [0.15, 0.2) is 60.7 Å². The summed E-state index contributed by atoms with van der Waals surface area (Å²) in [6, 6.07) is 11.7. The second-order valence-corrected chi connectivity index (χ2v) is 8.46. The van der Waals surface area contributed by atoms with E-state index in [9.17, 15) is 32.7 Å². The number of fused-ring (bicyclic) bond motifs is 3. The zero-order valence-electron chi connectivity index (χ0n) is 19.3. The highest BCUT2D eigenvalue weighted by Crippen LogP contribution is 2.40. The summed E-state index contributed by atoms with van der Waals surface area (Å²) in [5.41, 5.74) is 4.07. The van der Waals surface area contributed by atoms with Crippen LogP contribution in [0.1, 0.15) is 37.0 Å². The van der Waals surface area contributed by atoms with Crippen LogP contribution in [-0.2, 0) is 14.4 Å². The van der Waals surface area contributed by atoms with E-state index in [-0.39, 0.29) is 5.56 Å². The number of halogens is 3. The van der Waals surface area contributed by atoms with Crippen molar-refractivity contribution in [1.82, 2.24) is 10.7 Å². The van der Waals surface area contributed by atoms with E-state index >= 15 is 0 Å². The molecule has 3 N–H and O–H groups in total. The van der Waals surface area contributed by atoms with E-state index < -0.39 is 53.2 Å². The minimum Gasteiger partial charge on any atom is -0.378 e. The van der Waals surface area contributed by atoms with E-state index in [1.807, 2.05) is 0 Å². The number of hydrogen-bond acceptors (Lipinski definition) is 4. The van der Waals surface area contributed by atoms with E-state index in [1.54, 1.807) is 31.2 Å². The summed E-state index contributed by atoms with van der Waals surface area (Å²) in [6.45, 7) is 2.94. The Bertz CT molecular complexity index is 1340. The van der Waals surface area contributed by atoms with Crippen molar-refractivity contribution in [1.29, 1.82) is 0 Å². The molecule has 186 valence electrons. The Kier molecular flexibility index (Phi) is 6.80. The Morgan fingerprint density at radius 1 is 0.917 bits per heavy atom. The monoisotopic (exact) mass is 497 g/mol. The molecule has 3 aromatic carbocycles. The lowest BCUT2D eigenvalue weighted by Gasteiger charge is -2.27. The zero-order chi connectivity index (χ0) is 26.1. The van der Waals surface area contributed by atoms with E-state index in [4.69, 9.17) is 0 Å². The minimum atomic E-state index is -1.93. The molecule has 3 amide bonds. The molecular formula is C26H22F3N3O4.